The van der Waals surface area contributed by atoms with E-state index < -0.39 is 12.1 Å². The Kier molecular flexibility index (Phi) is 5.26. The van der Waals surface area contributed by atoms with Gasteiger partial charge in [-0.15, -0.1) is 0 Å². The van der Waals surface area contributed by atoms with Gasteiger partial charge in [0.15, 0.2) is 0 Å². The number of nitrogens with zero attached hydrogens (tertiary/aromatic N) is 1. The Morgan fingerprint density at radius 3 is 2.31 bits per heavy atom. The van der Waals surface area contributed by atoms with Gasteiger partial charge in [0.25, 0.3) is 5.91 Å². The van der Waals surface area contributed by atoms with E-state index in [0.717, 1.165) is 23.3 Å². The van der Waals surface area contributed by atoms with Crippen molar-refractivity contribution in [2.24, 2.45) is 0 Å². The molecule has 5 nitrogen and oxygen atoms in total. The van der Waals surface area contributed by atoms with E-state index in [1.807, 2.05) is 66.4 Å². The molecule has 0 saturated carbocycles. The largest absolute Gasteiger partial charge is 0.497 e. The van der Waals surface area contributed by atoms with Crippen molar-refractivity contribution < 1.29 is 19.1 Å². The molecule has 0 aromatic heterocycles. The minimum atomic E-state index is -0.762. The predicted molar refractivity (Wildman–Crippen MR) is 97.6 cm³/mol. The third-order valence-corrected chi connectivity index (χ3v) is 4.74. The van der Waals surface area contributed by atoms with Gasteiger partial charge in [0.2, 0.25) is 6.10 Å². The Bertz CT molecular complexity index is 772. The first-order valence-corrected chi connectivity index (χ1v) is 8.75. The van der Waals surface area contributed by atoms with Gasteiger partial charge in [-0.2, -0.15) is 0 Å². The quantitative estimate of drug-likeness (QED) is 0.587. The maximum absolute atomic E-state index is 12.8. The van der Waals surface area contributed by atoms with Crippen LogP contribution in [0.5, 0.6) is 5.75 Å². The lowest BCUT2D eigenvalue weighted by Crippen LogP contribution is -2.61. The second kappa shape index (κ2) is 7.60. The summed E-state index contributed by atoms with van der Waals surface area (Å²) in [7, 11) is 1.63. The minimum absolute atomic E-state index is 0.0922. The molecule has 1 saturated heterocycles. The molecular weight excluding hydrogens is 330 g/mol. The van der Waals surface area contributed by atoms with Crippen molar-refractivity contribution in [2.75, 3.05) is 7.11 Å². The van der Waals surface area contributed by atoms with Crippen LogP contribution in [-0.2, 0) is 14.3 Å². The third-order valence-electron chi connectivity index (χ3n) is 4.74. The van der Waals surface area contributed by atoms with E-state index in [2.05, 4.69) is 0 Å². The number of carbonyl (C=O) groups excluding carboxylic acids is 2. The lowest BCUT2D eigenvalue weighted by atomic mass is 9.86. The summed E-state index contributed by atoms with van der Waals surface area (Å²) in [6, 6.07) is 17.1. The van der Waals surface area contributed by atoms with E-state index in [-0.39, 0.29) is 18.0 Å². The molecule has 1 aliphatic heterocycles. The van der Waals surface area contributed by atoms with Crippen molar-refractivity contribution >= 4 is 11.9 Å². The molecule has 136 valence electrons. The highest BCUT2D eigenvalue weighted by atomic mass is 16.6. The van der Waals surface area contributed by atoms with Crippen LogP contribution in [0, 0.1) is 0 Å². The number of esters is 1. The first kappa shape index (κ1) is 18.0. The number of likely N-dealkylation sites (tertiary alicyclic amines) is 1. The second-order valence-corrected chi connectivity index (χ2v) is 6.33. The fraction of sp³-hybridized carbons (Fsp3) is 0.333. The molecule has 2 aromatic rings. The van der Waals surface area contributed by atoms with Gasteiger partial charge in [-0.3, -0.25) is 9.59 Å². The molecule has 3 rings (SSSR count). The van der Waals surface area contributed by atoms with Crippen LogP contribution in [0.4, 0.5) is 0 Å². The maximum Gasteiger partial charge on any atom is 0.303 e. The van der Waals surface area contributed by atoms with Crippen molar-refractivity contribution in [2.45, 2.75) is 38.5 Å². The zero-order valence-corrected chi connectivity index (χ0v) is 15.2. The van der Waals surface area contributed by atoms with E-state index in [0.29, 0.717) is 0 Å². The molecule has 1 aliphatic rings. The van der Waals surface area contributed by atoms with Gasteiger partial charge < -0.3 is 14.4 Å². The number of hydrogen-bond donors (Lipinski definition) is 0. The first-order chi connectivity index (χ1) is 12.6. The van der Waals surface area contributed by atoms with Crippen LogP contribution in [0.1, 0.15) is 43.5 Å². The van der Waals surface area contributed by atoms with Crippen LogP contribution in [0.25, 0.3) is 0 Å². The third kappa shape index (κ3) is 3.29. The number of ether oxygens (including phenoxy) is 2. The molecule has 1 fully saturated rings. The van der Waals surface area contributed by atoms with E-state index in [4.69, 9.17) is 9.47 Å². The fourth-order valence-corrected chi connectivity index (χ4v) is 3.53. The number of β-lactam (4-membered cyclic amide) rings is 1. The number of methoxy groups -OCH3 is 1. The summed E-state index contributed by atoms with van der Waals surface area (Å²) in [5.74, 6) is 0.175. The average Bonchev–Trinajstić information content (AvgIpc) is 2.67. The van der Waals surface area contributed by atoms with Gasteiger partial charge >= 0.3 is 5.97 Å². The summed E-state index contributed by atoms with van der Waals surface area (Å²) in [4.78, 5) is 26.1. The second-order valence-electron chi connectivity index (χ2n) is 6.33. The van der Waals surface area contributed by atoms with Crippen LogP contribution in [0.15, 0.2) is 54.6 Å². The van der Waals surface area contributed by atoms with E-state index in [1.165, 1.54) is 6.92 Å². The van der Waals surface area contributed by atoms with Gasteiger partial charge in [-0.1, -0.05) is 49.4 Å². The minimum Gasteiger partial charge on any atom is -0.497 e. The van der Waals surface area contributed by atoms with Crippen LogP contribution < -0.4 is 4.74 Å². The monoisotopic (exact) mass is 353 g/mol. The topological polar surface area (TPSA) is 55.8 Å². The molecule has 26 heavy (non-hydrogen) atoms. The Morgan fingerprint density at radius 2 is 1.77 bits per heavy atom. The number of hydrogen-bond acceptors (Lipinski definition) is 4. The van der Waals surface area contributed by atoms with Crippen molar-refractivity contribution in [3.05, 3.63) is 65.7 Å². The summed E-state index contributed by atoms with van der Waals surface area (Å²) >= 11 is 0. The Labute approximate surface area is 153 Å². The summed E-state index contributed by atoms with van der Waals surface area (Å²) in [5.41, 5.74) is 1.99. The highest BCUT2D eigenvalue weighted by Crippen LogP contribution is 2.44. The van der Waals surface area contributed by atoms with E-state index in [9.17, 15) is 9.59 Å². The van der Waals surface area contributed by atoms with Gasteiger partial charge in [0.1, 0.15) is 11.8 Å². The zero-order chi connectivity index (χ0) is 18.7. The van der Waals surface area contributed by atoms with Crippen LogP contribution >= 0.6 is 0 Å². The van der Waals surface area contributed by atoms with Crippen LogP contribution in [0.2, 0.25) is 0 Å². The molecule has 0 N–H and O–H groups in total. The number of carbonyl (C=O) groups is 2. The fourth-order valence-electron chi connectivity index (χ4n) is 3.53. The normalized spacial score (nSPS) is 20.3. The zero-order valence-electron chi connectivity index (χ0n) is 15.2. The SMILES string of the molecule is CC[C@@H](c1ccc(OC)cc1)N1C(=O)[C@@H](OC(C)=O)[C@H]1c1ccccc1. The molecule has 1 amide bonds. The Hall–Kier alpha value is -2.82. The highest BCUT2D eigenvalue weighted by molar-refractivity contribution is 5.91. The molecule has 0 radical (unpaired) electrons. The van der Waals surface area contributed by atoms with Gasteiger partial charge in [-0.05, 0) is 29.7 Å². The maximum atomic E-state index is 12.8. The van der Waals surface area contributed by atoms with Crippen molar-refractivity contribution in [3.63, 3.8) is 0 Å². The standard InChI is InChI=1S/C21H23NO4/c1-4-18(15-10-12-17(25-3)13-11-15)22-19(16-8-6-5-7-9-16)20(21(22)24)26-14(2)23/h5-13,18-20H,4H2,1-3H3/t18-,19+,20-/m0/s1. The Balaban J connectivity index is 1.94. The van der Waals surface area contributed by atoms with E-state index >= 15 is 0 Å². The van der Waals surface area contributed by atoms with E-state index in [1.54, 1.807) is 7.11 Å². The molecule has 0 bridgehead atoms. The smallest absolute Gasteiger partial charge is 0.303 e. The van der Waals surface area contributed by atoms with Gasteiger partial charge in [0, 0.05) is 6.92 Å². The molecule has 2 aromatic carbocycles. The van der Waals surface area contributed by atoms with Crippen molar-refractivity contribution in [1.29, 1.82) is 0 Å². The summed E-state index contributed by atoms with van der Waals surface area (Å²) < 4.78 is 10.5. The lowest BCUT2D eigenvalue weighted by Gasteiger charge is -2.50. The van der Waals surface area contributed by atoms with Gasteiger partial charge in [-0.25, -0.2) is 0 Å². The summed E-state index contributed by atoms with van der Waals surface area (Å²) in [6.07, 6.45) is -0.00372. The molecular formula is C21H23NO4. The average molecular weight is 353 g/mol. The molecule has 3 atom stereocenters. The summed E-state index contributed by atoms with van der Waals surface area (Å²) in [6.45, 7) is 3.38. The van der Waals surface area contributed by atoms with Crippen LogP contribution in [0.3, 0.4) is 0 Å². The molecule has 5 heteroatoms. The molecule has 0 spiro atoms. The highest BCUT2D eigenvalue weighted by Gasteiger charge is 2.53. The number of rotatable bonds is 6. The number of benzene rings is 2. The summed E-state index contributed by atoms with van der Waals surface area (Å²) in [5, 5.41) is 0. The van der Waals surface area contributed by atoms with Gasteiger partial charge in [0.05, 0.1) is 13.2 Å². The first-order valence-electron chi connectivity index (χ1n) is 8.75. The predicted octanol–water partition coefficient (Wildman–Crippen LogP) is 3.66. The lowest BCUT2D eigenvalue weighted by molar-refractivity contribution is -0.187. The molecule has 0 unspecified atom stereocenters. The molecule has 1 heterocycles. The molecule has 0 aliphatic carbocycles. The van der Waals surface area contributed by atoms with Crippen LogP contribution in [-0.4, -0.2) is 30.0 Å². The van der Waals surface area contributed by atoms with Crippen molar-refractivity contribution in [1.82, 2.24) is 4.90 Å². The van der Waals surface area contributed by atoms with Crippen molar-refractivity contribution in [3.8, 4) is 5.75 Å². The Morgan fingerprint density at radius 1 is 1.12 bits per heavy atom. The number of amides is 1.